The summed E-state index contributed by atoms with van der Waals surface area (Å²) in [6, 6.07) is 7.10. The number of nitrogens with two attached hydrogens (primary N) is 1. The predicted octanol–water partition coefficient (Wildman–Crippen LogP) is 1.33. The van der Waals surface area contributed by atoms with Gasteiger partial charge in [0.15, 0.2) is 0 Å². The standard InChI is InChI=1S/C13H11N3O2S/c14-11(8-3-4-19-6-8)7-1-2-9-10(5-7)16-13(18)12(17)15-9/h1-6,11H,14H2,(H,15,17)(H,16,18). The Balaban J connectivity index is 2.14. The van der Waals surface area contributed by atoms with E-state index in [1.165, 1.54) is 0 Å². The van der Waals surface area contributed by atoms with Crippen molar-refractivity contribution in [3.63, 3.8) is 0 Å². The Morgan fingerprint density at radius 3 is 2.42 bits per heavy atom. The van der Waals surface area contributed by atoms with Gasteiger partial charge in [0, 0.05) is 0 Å². The second-order valence-corrected chi connectivity index (χ2v) is 5.03. The van der Waals surface area contributed by atoms with Gasteiger partial charge in [0.25, 0.3) is 0 Å². The number of aromatic amines is 2. The predicted molar refractivity (Wildman–Crippen MR) is 75.5 cm³/mol. The van der Waals surface area contributed by atoms with Crippen molar-refractivity contribution in [3.8, 4) is 0 Å². The maximum absolute atomic E-state index is 11.3. The molecule has 0 fully saturated rings. The summed E-state index contributed by atoms with van der Waals surface area (Å²) in [4.78, 5) is 27.6. The highest BCUT2D eigenvalue weighted by atomic mass is 32.1. The number of rotatable bonds is 2. The average Bonchev–Trinajstić information content (AvgIpc) is 2.93. The van der Waals surface area contributed by atoms with Crippen molar-refractivity contribution in [3.05, 3.63) is 66.9 Å². The number of hydrogen-bond donors (Lipinski definition) is 3. The van der Waals surface area contributed by atoms with Crippen LogP contribution in [0.4, 0.5) is 0 Å². The molecular weight excluding hydrogens is 262 g/mol. The zero-order valence-electron chi connectivity index (χ0n) is 9.84. The van der Waals surface area contributed by atoms with Crippen molar-refractivity contribution in [2.45, 2.75) is 6.04 Å². The quantitative estimate of drug-likeness (QED) is 0.615. The molecule has 1 atom stereocenters. The van der Waals surface area contributed by atoms with Crippen LogP contribution in [0.2, 0.25) is 0 Å². The molecule has 0 aliphatic heterocycles. The molecule has 0 radical (unpaired) electrons. The average molecular weight is 273 g/mol. The Morgan fingerprint density at radius 1 is 1.00 bits per heavy atom. The van der Waals surface area contributed by atoms with Crippen LogP contribution in [0.3, 0.4) is 0 Å². The number of fused-ring (bicyclic) bond motifs is 1. The monoisotopic (exact) mass is 273 g/mol. The molecule has 0 saturated carbocycles. The van der Waals surface area contributed by atoms with Crippen molar-refractivity contribution in [1.29, 1.82) is 0 Å². The Morgan fingerprint density at radius 2 is 1.74 bits per heavy atom. The van der Waals surface area contributed by atoms with Crippen LogP contribution in [0.5, 0.6) is 0 Å². The number of benzene rings is 1. The maximum Gasteiger partial charge on any atom is 0.314 e. The first-order valence-electron chi connectivity index (χ1n) is 5.69. The van der Waals surface area contributed by atoms with Crippen LogP contribution in [0.1, 0.15) is 17.2 Å². The van der Waals surface area contributed by atoms with Gasteiger partial charge in [-0.05, 0) is 40.1 Å². The van der Waals surface area contributed by atoms with Crippen LogP contribution in [0.25, 0.3) is 11.0 Å². The van der Waals surface area contributed by atoms with Gasteiger partial charge in [-0.1, -0.05) is 6.07 Å². The highest BCUT2D eigenvalue weighted by Crippen LogP contribution is 2.23. The molecular formula is C13H11N3O2S. The number of nitrogens with one attached hydrogen (secondary N) is 2. The largest absolute Gasteiger partial charge is 0.320 e. The molecule has 3 rings (SSSR count). The molecule has 2 heterocycles. The lowest BCUT2D eigenvalue weighted by Gasteiger charge is -2.11. The summed E-state index contributed by atoms with van der Waals surface area (Å²) < 4.78 is 0. The van der Waals surface area contributed by atoms with Gasteiger partial charge in [0.1, 0.15) is 0 Å². The molecule has 3 aromatic rings. The van der Waals surface area contributed by atoms with E-state index < -0.39 is 11.1 Å². The maximum atomic E-state index is 11.3. The summed E-state index contributed by atoms with van der Waals surface area (Å²) >= 11 is 1.59. The van der Waals surface area contributed by atoms with Crippen LogP contribution in [0.15, 0.2) is 44.6 Å². The molecule has 0 bridgehead atoms. The van der Waals surface area contributed by atoms with E-state index >= 15 is 0 Å². The number of H-pyrrole nitrogens is 2. The van der Waals surface area contributed by atoms with Crippen LogP contribution < -0.4 is 16.9 Å². The van der Waals surface area contributed by atoms with E-state index in [1.807, 2.05) is 22.9 Å². The van der Waals surface area contributed by atoms with Crippen molar-refractivity contribution in [1.82, 2.24) is 9.97 Å². The van der Waals surface area contributed by atoms with Crippen molar-refractivity contribution in [2.75, 3.05) is 0 Å². The topological polar surface area (TPSA) is 91.7 Å². The molecule has 0 aliphatic rings. The van der Waals surface area contributed by atoms with Gasteiger partial charge in [-0.25, -0.2) is 0 Å². The van der Waals surface area contributed by atoms with Gasteiger partial charge in [-0.3, -0.25) is 9.59 Å². The first-order valence-corrected chi connectivity index (χ1v) is 6.63. The third kappa shape index (κ3) is 2.11. The minimum atomic E-state index is -0.659. The zero-order valence-corrected chi connectivity index (χ0v) is 10.7. The highest BCUT2D eigenvalue weighted by Gasteiger charge is 2.10. The van der Waals surface area contributed by atoms with Gasteiger partial charge in [-0.2, -0.15) is 11.3 Å². The molecule has 96 valence electrons. The number of thiophene rings is 1. The van der Waals surface area contributed by atoms with E-state index in [9.17, 15) is 9.59 Å². The van der Waals surface area contributed by atoms with Crippen LogP contribution >= 0.6 is 11.3 Å². The number of aromatic nitrogens is 2. The van der Waals surface area contributed by atoms with E-state index in [0.29, 0.717) is 11.0 Å². The Kier molecular flexibility index (Phi) is 2.81. The third-order valence-corrected chi connectivity index (χ3v) is 3.71. The Labute approximate surface area is 111 Å². The molecule has 2 aromatic heterocycles. The van der Waals surface area contributed by atoms with E-state index in [0.717, 1.165) is 11.1 Å². The smallest absolute Gasteiger partial charge is 0.314 e. The second-order valence-electron chi connectivity index (χ2n) is 4.25. The summed E-state index contributed by atoms with van der Waals surface area (Å²) in [6.07, 6.45) is 0. The fraction of sp³-hybridized carbons (Fsp3) is 0.0769. The molecule has 0 saturated heterocycles. The summed E-state index contributed by atoms with van der Waals surface area (Å²) in [5.41, 5.74) is 7.93. The summed E-state index contributed by atoms with van der Waals surface area (Å²) in [6.45, 7) is 0. The SMILES string of the molecule is NC(c1ccsc1)c1ccc2[nH]c(=O)c(=O)[nH]c2c1. The minimum Gasteiger partial charge on any atom is -0.320 e. The second kappa shape index (κ2) is 4.49. The third-order valence-electron chi connectivity index (χ3n) is 3.01. The Bertz CT molecular complexity index is 833. The van der Waals surface area contributed by atoms with E-state index in [4.69, 9.17) is 5.73 Å². The fourth-order valence-electron chi connectivity index (χ4n) is 1.97. The summed E-state index contributed by atoms with van der Waals surface area (Å²) in [5, 5.41) is 3.96. The van der Waals surface area contributed by atoms with E-state index in [-0.39, 0.29) is 6.04 Å². The lowest BCUT2D eigenvalue weighted by Crippen LogP contribution is -2.29. The Hall–Kier alpha value is -2.18. The molecule has 0 spiro atoms. The van der Waals surface area contributed by atoms with Crippen LogP contribution in [0, 0.1) is 0 Å². The highest BCUT2D eigenvalue weighted by molar-refractivity contribution is 7.08. The van der Waals surface area contributed by atoms with Gasteiger partial charge < -0.3 is 15.7 Å². The van der Waals surface area contributed by atoms with Gasteiger partial charge in [-0.15, -0.1) is 0 Å². The lowest BCUT2D eigenvalue weighted by atomic mass is 10.0. The molecule has 19 heavy (non-hydrogen) atoms. The molecule has 0 aliphatic carbocycles. The molecule has 0 amide bonds. The van der Waals surface area contributed by atoms with Gasteiger partial charge in [0.05, 0.1) is 17.1 Å². The molecule has 6 heteroatoms. The van der Waals surface area contributed by atoms with Gasteiger partial charge in [0.2, 0.25) is 0 Å². The normalized spacial score (nSPS) is 12.7. The first-order chi connectivity index (χ1) is 9.15. The first kappa shape index (κ1) is 11.9. The van der Waals surface area contributed by atoms with Gasteiger partial charge >= 0.3 is 11.1 Å². The van der Waals surface area contributed by atoms with Crippen molar-refractivity contribution < 1.29 is 0 Å². The summed E-state index contributed by atoms with van der Waals surface area (Å²) in [7, 11) is 0. The van der Waals surface area contributed by atoms with Crippen LogP contribution in [-0.4, -0.2) is 9.97 Å². The van der Waals surface area contributed by atoms with Crippen molar-refractivity contribution in [2.24, 2.45) is 5.73 Å². The molecule has 1 aromatic carbocycles. The molecule has 5 nitrogen and oxygen atoms in total. The zero-order chi connectivity index (χ0) is 13.4. The van der Waals surface area contributed by atoms with Crippen LogP contribution in [-0.2, 0) is 0 Å². The fourth-order valence-corrected chi connectivity index (χ4v) is 2.67. The minimum absolute atomic E-state index is 0.244. The number of hydrogen-bond acceptors (Lipinski definition) is 4. The molecule has 4 N–H and O–H groups in total. The molecule has 1 unspecified atom stereocenters. The lowest BCUT2D eigenvalue weighted by molar-refractivity contribution is 0.877. The summed E-state index contributed by atoms with van der Waals surface area (Å²) in [5.74, 6) is 0. The van der Waals surface area contributed by atoms with E-state index in [2.05, 4.69) is 9.97 Å². The van der Waals surface area contributed by atoms with Crippen molar-refractivity contribution >= 4 is 22.4 Å². The van der Waals surface area contributed by atoms with E-state index in [1.54, 1.807) is 23.5 Å².